The van der Waals surface area contributed by atoms with Gasteiger partial charge in [0.2, 0.25) is 5.89 Å². The zero-order valence-corrected chi connectivity index (χ0v) is 16.1. The van der Waals surface area contributed by atoms with Gasteiger partial charge in [0.15, 0.2) is 5.58 Å². The Bertz CT molecular complexity index is 1220. The summed E-state index contributed by atoms with van der Waals surface area (Å²) in [5.41, 5.74) is 2.90. The first-order valence-corrected chi connectivity index (χ1v) is 9.10. The lowest BCUT2D eigenvalue weighted by molar-refractivity contribution is 0.102. The van der Waals surface area contributed by atoms with Crippen molar-refractivity contribution in [3.05, 3.63) is 81.6 Å². The molecule has 1 amide bonds. The van der Waals surface area contributed by atoms with Crippen molar-refractivity contribution in [2.75, 3.05) is 5.32 Å². The molecular weight excluding hydrogens is 402 g/mol. The van der Waals surface area contributed by atoms with E-state index in [1.807, 2.05) is 19.1 Å². The van der Waals surface area contributed by atoms with Crippen LogP contribution in [0.4, 0.5) is 10.1 Å². The van der Waals surface area contributed by atoms with Crippen molar-refractivity contribution < 1.29 is 13.6 Å². The summed E-state index contributed by atoms with van der Waals surface area (Å²) in [6.45, 7) is 1.84. The quantitative estimate of drug-likeness (QED) is 0.416. The van der Waals surface area contributed by atoms with Gasteiger partial charge in [-0.2, -0.15) is 0 Å². The zero-order chi connectivity index (χ0) is 19.8. The van der Waals surface area contributed by atoms with Gasteiger partial charge < -0.3 is 9.73 Å². The molecule has 0 spiro atoms. The molecule has 140 valence electrons. The molecule has 0 aliphatic rings. The summed E-state index contributed by atoms with van der Waals surface area (Å²) in [6.07, 6.45) is 0. The van der Waals surface area contributed by atoms with E-state index in [-0.39, 0.29) is 5.56 Å². The van der Waals surface area contributed by atoms with Crippen LogP contribution in [0, 0.1) is 12.7 Å². The third-order valence-electron chi connectivity index (χ3n) is 4.26. The summed E-state index contributed by atoms with van der Waals surface area (Å²) in [5.74, 6) is -0.787. The monoisotopic (exact) mass is 414 g/mol. The standard InChI is InChI=1S/C21H13Cl2FN2O2/c1-11-6-7-12(21-26-18-10-13(22)9-15(23)19(18)28-21)8-17(11)25-20(27)14-4-2-3-5-16(14)24/h2-10H,1H3,(H,25,27). The first kappa shape index (κ1) is 18.5. The van der Waals surface area contributed by atoms with E-state index in [1.165, 1.54) is 18.2 Å². The number of hydrogen-bond donors (Lipinski definition) is 1. The van der Waals surface area contributed by atoms with E-state index in [2.05, 4.69) is 10.3 Å². The molecule has 0 aliphatic heterocycles. The minimum Gasteiger partial charge on any atom is -0.435 e. The molecule has 0 bridgehead atoms. The third-order valence-corrected chi connectivity index (χ3v) is 4.76. The van der Waals surface area contributed by atoms with Gasteiger partial charge in [-0.1, -0.05) is 41.4 Å². The maximum absolute atomic E-state index is 13.9. The fraction of sp³-hybridized carbons (Fsp3) is 0.0476. The zero-order valence-electron chi connectivity index (χ0n) is 14.6. The van der Waals surface area contributed by atoms with Crippen LogP contribution in [0.25, 0.3) is 22.6 Å². The molecule has 7 heteroatoms. The number of aryl methyl sites for hydroxylation is 1. The van der Waals surface area contributed by atoms with Crippen molar-refractivity contribution in [2.45, 2.75) is 6.92 Å². The fourth-order valence-corrected chi connectivity index (χ4v) is 3.33. The van der Waals surface area contributed by atoms with Crippen LogP contribution in [0.2, 0.25) is 10.0 Å². The number of carbonyl (C=O) groups is 1. The number of nitrogens with zero attached hydrogens (tertiary/aromatic N) is 1. The number of halogens is 3. The third kappa shape index (κ3) is 3.46. The van der Waals surface area contributed by atoms with Crippen molar-refractivity contribution in [1.82, 2.24) is 4.98 Å². The Kier molecular flexibility index (Phi) is 4.79. The van der Waals surface area contributed by atoms with Gasteiger partial charge in [0.05, 0.1) is 10.6 Å². The molecule has 0 aliphatic carbocycles. The second-order valence-electron chi connectivity index (χ2n) is 6.22. The minimum atomic E-state index is -0.584. The van der Waals surface area contributed by atoms with E-state index in [0.717, 1.165) is 5.56 Å². The molecule has 28 heavy (non-hydrogen) atoms. The highest BCUT2D eigenvalue weighted by Gasteiger charge is 2.16. The Balaban J connectivity index is 1.71. The van der Waals surface area contributed by atoms with Crippen LogP contribution in [0.3, 0.4) is 0 Å². The maximum Gasteiger partial charge on any atom is 0.258 e. The predicted molar refractivity (Wildman–Crippen MR) is 109 cm³/mol. The Morgan fingerprint density at radius 2 is 1.89 bits per heavy atom. The molecule has 4 rings (SSSR count). The summed E-state index contributed by atoms with van der Waals surface area (Å²) in [6, 6.07) is 14.4. The number of carbonyl (C=O) groups excluding carboxylic acids is 1. The van der Waals surface area contributed by atoms with Gasteiger partial charge in [-0.25, -0.2) is 9.37 Å². The molecule has 4 nitrogen and oxygen atoms in total. The number of hydrogen-bond acceptors (Lipinski definition) is 3. The van der Waals surface area contributed by atoms with Crippen molar-refractivity contribution in [3.63, 3.8) is 0 Å². The van der Waals surface area contributed by atoms with Gasteiger partial charge in [0, 0.05) is 16.3 Å². The summed E-state index contributed by atoms with van der Waals surface area (Å²) in [4.78, 5) is 16.9. The van der Waals surface area contributed by atoms with Crippen LogP contribution in [0.1, 0.15) is 15.9 Å². The first-order valence-electron chi connectivity index (χ1n) is 8.35. The number of anilines is 1. The van der Waals surface area contributed by atoms with Crippen molar-refractivity contribution in [3.8, 4) is 11.5 Å². The van der Waals surface area contributed by atoms with Gasteiger partial charge in [-0.3, -0.25) is 4.79 Å². The fourth-order valence-electron chi connectivity index (χ4n) is 2.81. The van der Waals surface area contributed by atoms with E-state index < -0.39 is 11.7 Å². The van der Waals surface area contributed by atoms with Crippen molar-refractivity contribution in [2.24, 2.45) is 0 Å². The number of benzene rings is 3. The molecule has 1 aromatic heterocycles. The topological polar surface area (TPSA) is 55.1 Å². The van der Waals surface area contributed by atoms with Crippen LogP contribution in [-0.4, -0.2) is 10.9 Å². The smallest absolute Gasteiger partial charge is 0.258 e. The Morgan fingerprint density at radius 3 is 2.68 bits per heavy atom. The van der Waals surface area contributed by atoms with Crippen molar-refractivity contribution >= 4 is 45.9 Å². The number of nitrogens with one attached hydrogen (secondary N) is 1. The Morgan fingerprint density at radius 1 is 1.11 bits per heavy atom. The molecule has 1 N–H and O–H groups in total. The Hall–Kier alpha value is -2.89. The number of rotatable bonds is 3. The van der Waals surface area contributed by atoms with E-state index in [4.69, 9.17) is 27.6 Å². The average molecular weight is 415 g/mol. The van der Waals surface area contributed by atoms with Gasteiger partial charge in [0.1, 0.15) is 11.3 Å². The van der Waals surface area contributed by atoms with Crippen LogP contribution >= 0.6 is 23.2 Å². The molecule has 0 radical (unpaired) electrons. The van der Waals surface area contributed by atoms with Crippen LogP contribution in [0.5, 0.6) is 0 Å². The first-order chi connectivity index (χ1) is 13.4. The van der Waals surface area contributed by atoms with Crippen molar-refractivity contribution in [1.29, 1.82) is 0 Å². The van der Waals surface area contributed by atoms with E-state index in [0.29, 0.717) is 38.3 Å². The molecule has 0 fully saturated rings. The Labute approximate surface area is 169 Å². The lowest BCUT2D eigenvalue weighted by atomic mass is 10.1. The highest BCUT2D eigenvalue weighted by Crippen LogP contribution is 2.33. The molecular formula is C21H13Cl2FN2O2. The minimum absolute atomic E-state index is 0.0319. The van der Waals surface area contributed by atoms with E-state index >= 15 is 0 Å². The van der Waals surface area contributed by atoms with E-state index in [1.54, 1.807) is 24.3 Å². The van der Waals surface area contributed by atoms with Gasteiger partial charge in [-0.15, -0.1) is 0 Å². The number of amides is 1. The second-order valence-corrected chi connectivity index (χ2v) is 7.06. The molecule has 0 saturated carbocycles. The van der Waals surface area contributed by atoms with Crippen LogP contribution in [-0.2, 0) is 0 Å². The summed E-state index contributed by atoms with van der Waals surface area (Å²) < 4.78 is 19.6. The van der Waals surface area contributed by atoms with E-state index in [9.17, 15) is 9.18 Å². The van der Waals surface area contributed by atoms with Gasteiger partial charge in [-0.05, 0) is 48.9 Å². The van der Waals surface area contributed by atoms with Crippen LogP contribution < -0.4 is 5.32 Å². The molecule has 0 atom stereocenters. The SMILES string of the molecule is Cc1ccc(-c2nc3cc(Cl)cc(Cl)c3o2)cc1NC(=O)c1ccccc1F. The van der Waals surface area contributed by atoms with Gasteiger partial charge >= 0.3 is 0 Å². The molecule has 0 unspecified atom stereocenters. The molecule has 4 aromatic rings. The lowest BCUT2D eigenvalue weighted by Crippen LogP contribution is -2.14. The number of aromatic nitrogens is 1. The van der Waals surface area contributed by atoms with Gasteiger partial charge in [0.25, 0.3) is 5.91 Å². The number of oxazole rings is 1. The normalized spacial score (nSPS) is 11.0. The molecule has 0 saturated heterocycles. The summed E-state index contributed by atoms with van der Waals surface area (Å²) >= 11 is 12.2. The number of fused-ring (bicyclic) bond motifs is 1. The second kappa shape index (κ2) is 7.26. The largest absolute Gasteiger partial charge is 0.435 e. The maximum atomic E-state index is 13.9. The average Bonchev–Trinajstić information content (AvgIpc) is 3.08. The lowest BCUT2D eigenvalue weighted by Gasteiger charge is -2.10. The summed E-state index contributed by atoms with van der Waals surface area (Å²) in [5, 5.41) is 3.56. The molecule has 1 heterocycles. The highest BCUT2D eigenvalue weighted by molar-refractivity contribution is 6.38. The highest BCUT2D eigenvalue weighted by atomic mass is 35.5. The summed E-state index contributed by atoms with van der Waals surface area (Å²) in [7, 11) is 0. The van der Waals surface area contributed by atoms with Crippen LogP contribution in [0.15, 0.2) is 59.0 Å². The molecule has 3 aromatic carbocycles. The predicted octanol–water partition coefficient (Wildman–Crippen LogP) is 6.50.